The van der Waals surface area contributed by atoms with Gasteiger partial charge < -0.3 is 0 Å². The van der Waals surface area contributed by atoms with Crippen molar-refractivity contribution in [2.45, 2.75) is 6.54 Å². The summed E-state index contributed by atoms with van der Waals surface area (Å²) in [5, 5.41) is 3.97. The SMILES string of the molecule is O=c1c(Br)ccnn1Cc1ccccn1. The van der Waals surface area contributed by atoms with Crippen LogP contribution in [0.2, 0.25) is 0 Å². The van der Waals surface area contributed by atoms with Crippen molar-refractivity contribution in [1.82, 2.24) is 14.8 Å². The lowest BCUT2D eigenvalue weighted by molar-refractivity contribution is 0.624. The van der Waals surface area contributed by atoms with Gasteiger partial charge in [0.1, 0.15) is 0 Å². The molecular formula is C10H8BrN3O. The maximum absolute atomic E-state index is 11.6. The lowest BCUT2D eigenvalue weighted by atomic mass is 10.3. The number of nitrogens with zero attached hydrogens (tertiary/aromatic N) is 3. The van der Waals surface area contributed by atoms with Gasteiger partial charge in [-0.05, 0) is 34.1 Å². The van der Waals surface area contributed by atoms with Crippen molar-refractivity contribution in [3.05, 3.63) is 57.2 Å². The van der Waals surface area contributed by atoms with Crippen LogP contribution in [0.25, 0.3) is 0 Å². The number of hydrogen-bond acceptors (Lipinski definition) is 3. The standard InChI is InChI=1S/C10H8BrN3O/c11-9-4-6-13-14(10(9)15)7-8-3-1-2-5-12-8/h1-6H,7H2. The molecule has 0 bridgehead atoms. The van der Waals surface area contributed by atoms with Crippen LogP contribution in [0.1, 0.15) is 5.69 Å². The van der Waals surface area contributed by atoms with Crippen molar-refractivity contribution in [1.29, 1.82) is 0 Å². The van der Waals surface area contributed by atoms with E-state index < -0.39 is 0 Å². The van der Waals surface area contributed by atoms with E-state index in [1.165, 1.54) is 4.68 Å². The van der Waals surface area contributed by atoms with Crippen molar-refractivity contribution < 1.29 is 0 Å². The molecule has 0 fully saturated rings. The molecule has 4 nitrogen and oxygen atoms in total. The van der Waals surface area contributed by atoms with Crippen LogP contribution < -0.4 is 5.56 Å². The van der Waals surface area contributed by atoms with Crippen LogP contribution >= 0.6 is 15.9 Å². The lowest BCUT2D eigenvalue weighted by Gasteiger charge is -2.03. The molecule has 2 heterocycles. The van der Waals surface area contributed by atoms with Crippen LogP contribution in [-0.2, 0) is 6.54 Å². The molecule has 0 N–H and O–H groups in total. The molecule has 0 saturated carbocycles. The quantitative estimate of drug-likeness (QED) is 0.826. The van der Waals surface area contributed by atoms with Gasteiger partial charge in [-0.1, -0.05) is 6.07 Å². The Balaban J connectivity index is 2.33. The van der Waals surface area contributed by atoms with E-state index in [4.69, 9.17) is 0 Å². The van der Waals surface area contributed by atoms with Crippen LogP contribution in [0, 0.1) is 0 Å². The summed E-state index contributed by atoms with van der Waals surface area (Å²) in [6, 6.07) is 7.19. The Morgan fingerprint density at radius 2 is 2.13 bits per heavy atom. The molecule has 0 saturated heterocycles. The summed E-state index contributed by atoms with van der Waals surface area (Å²) < 4.78 is 1.88. The highest BCUT2D eigenvalue weighted by Crippen LogP contribution is 2.00. The number of hydrogen-bond donors (Lipinski definition) is 0. The van der Waals surface area contributed by atoms with E-state index in [2.05, 4.69) is 26.0 Å². The highest BCUT2D eigenvalue weighted by atomic mass is 79.9. The molecule has 2 aromatic rings. The molecule has 0 atom stereocenters. The summed E-state index contributed by atoms with van der Waals surface area (Å²) in [5.74, 6) is 0. The largest absolute Gasteiger partial charge is 0.281 e. The smallest absolute Gasteiger partial charge is 0.266 e. The van der Waals surface area contributed by atoms with Gasteiger partial charge in [0, 0.05) is 12.4 Å². The minimum atomic E-state index is -0.150. The Morgan fingerprint density at radius 1 is 1.27 bits per heavy atom. The van der Waals surface area contributed by atoms with Crippen LogP contribution in [0.5, 0.6) is 0 Å². The van der Waals surface area contributed by atoms with Gasteiger partial charge in [0.25, 0.3) is 5.56 Å². The van der Waals surface area contributed by atoms with E-state index in [-0.39, 0.29) is 5.56 Å². The minimum absolute atomic E-state index is 0.150. The van der Waals surface area contributed by atoms with Gasteiger partial charge in [-0.25, -0.2) is 4.68 Å². The summed E-state index contributed by atoms with van der Waals surface area (Å²) in [6.45, 7) is 0.388. The topological polar surface area (TPSA) is 47.8 Å². The summed E-state index contributed by atoms with van der Waals surface area (Å²) in [7, 11) is 0. The van der Waals surface area contributed by atoms with E-state index in [0.29, 0.717) is 11.0 Å². The minimum Gasteiger partial charge on any atom is -0.266 e. The van der Waals surface area contributed by atoms with E-state index in [0.717, 1.165) is 5.69 Å². The van der Waals surface area contributed by atoms with Gasteiger partial charge in [0.15, 0.2) is 0 Å². The summed E-state index contributed by atoms with van der Waals surface area (Å²) in [4.78, 5) is 15.7. The maximum atomic E-state index is 11.6. The van der Waals surface area contributed by atoms with Gasteiger partial charge in [0.05, 0.1) is 16.7 Å². The van der Waals surface area contributed by atoms with Gasteiger partial charge in [0.2, 0.25) is 0 Å². The molecule has 0 amide bonds. The number of rotatable bonds is 2. The molecule has 0 aromatic carbocycles. The first-order chi connectivity index (χ1) is 7.27. The molecule has 0 spiro atoms. The Hall–Kier alpha value is -1.49. The monoisotopic (exact) mass is 265 g/mol. The summed E-state index contributed by atoms with van der Waals surface area (Å²) in [5.41, 5.74) is 0.661. The molecule has 0 aliphatic heterocycles. The third-order valence-electron chi connectivity index (χ3n) is 1.90. The molecule has 76 valence electrons. The zero-order valence-electron chi connectivity index (χ0n) is 7.80. The second-order valence-corrected chi connectivity index (χ2v) is 3.82. The molecule has 0 unspecified atom stereocenters. The van der Waals surface area contributed by atoms with Gasteiger partial charge in [-0.3, -0.25) is 9.78 Å². The first kappa shape index (κ1) is 10.0. The molecule has 0 aliphatic carbocycles. The van der Waals surface area contributed by atoms with Gasteiger partial charge in [-0.15, -0.1) is 0 Å². The van der Waals surface area contributed by atoms with Crippen LogP contribution in [-0.4, -0.2) is 14.8 Å². The second-order valence-electron chi connectivity index (χ2n) is 2.96. The van der Waals surface area contributed by atoms with Crippen LogP contribution in [0.15, 0.2) is 45.9 Å². The number of aromatic nitrogens is 3. The van der Waals surface area contributed by atoms with Gasteiger partial charge >= 0.3 is 0 Å². The lowest BCUT2D eigenvalue weighted by Crippen LogP contribution is -2.23. The fraction of sp³-hybridized carbons (Fsp3) is 0.100. The highest BCUT2D eigenvalue weighted by Gasteiger charge is 2.02. The van der Waals surface area contributed by atoms with Crippen molar-refractivity contribution >= 4 is 15.9 Å². The predicted octanol–water partition coefficient (Wildman–Crippen LogP) is 1.45. The molecule has 15 heavy (non-hydrogen) atoms. The predicted molar refractivity (Wildman–Crippen MR) is 59.5 cm³/mol. The Labute approximate surface area is 94.7 Å². The Morgan fingerprint density at radius 3 is 2.87 bits per heavy atom. The second kappa shape index (κ2) is 4.35. The average molecular weight is 266 g/mol. The van der Waals surface area contributed by atoms with E-state index in [9.17, 15) is 4.79 Å². The molecule has 0 aliphatic rings. The third-order valence-corrected chi connectivity index (χ3v) is 2.51. The fourth-order valence-electron chi connectivity index (χ4n) is 1.18. The van der Waals surface area contributed by atoms with E-state index >= 15 is 0 Å². The summed E-state index contributed by atoms with van der Waals surface area (Å²) >= 11 is 3.17. The maximum Gasteiger partial charge on any atom is 0.281 e. The summed E-state index contributed by atoms with van der Waals surface area (Å²) in [6.07, 6.45) is 3.27. The Kier molecular flexibility index (Phi) is 2.91. The molecule has 5 heteroatoms. The average Bonchev–Trinajstić information content (AvgIpc) is 2.26. The first-order valence-corrected chi connectivity index (χ1v) is 5.18. The zero-order chi connectivity index (χ0) is 10.7. The molecule has 0 radical (unpaired) electrons. The van der Waals surface area contributed by atoms with Crippen molar-refractivity contribution in [3.63, 3.8) is 0 Å². The Bertz CT molecular complexity index is 510. The first-order valence-electron chi connectivity index (χ1n) is 4.39. The van der Waals surface area contributed by atoms with E-state index in [1.54, 1.807) is 18.5 Å². The van der Waals surface area contributed by atoms with E-state index in [1.807, 2.05) is 18.2 Å². The van der Waals surface area contributed by atoms with Crippen molar-refractivity contribution in [2.75, 3.05) is 0 Å². The normalized spacial score (nSPS) is 10.2. The zero-order valence-corrected chi connectivity index (χ0v) is 9.39. The fourth-order valence-corrected chi connectivity index (χ4v) is 1.51. The highest BCUT2D eigenvalue weighted by molar-refractivity contribution is 9.10. The van der Waals surface area contributed by atoms with Gasteiger partial charge in [-0.2, -0.15) is 5.10 Å². The third kappa shape index (κ3) is 2.30. The number of pyridine rings is 1. The molecule has 2 aromatic heterocycles. The van der Waals surface area contributed by atoms with Crippen molar-refractivity contribution in [2.24, 2.45) is 0 Å². The molecular weight excluding hydrogens is 258 g/mol. The van der Waals surface area contributed by atoms with Crippen molar-refractivity contribution in [3.8, 4) is 0 Å². The van der Waals surface area contributed by atoms with Crippen LogP contribution in [0.4, 0.5) is 0 Å². The number of halogens is 1. The van der Waals surface area contributed by atoms with Crippen LogP contribution in [0.3, 0.4) is 0 Å². The molecule has 2 rings (SSSR count).